The molecule has 15 heteroatoms. The molecule has 3 rings (SSSR count). The van der Waals surface area contributed by atoms with Crippen LogP contribution in [0.3, 0.4) is 0 Å². The number of methoxy groups -OCH3 is 1. The Balaban J connectivity index is 1.94. The van der Waals surface area contributed by atoms with Gasteiger partial charge in [0.15, 0.2) is 0 Å². The van der Waals surface area contributed by atoms with Crippen molar-refractivity contribution in [3.63, 3.8) is 0 Å². The molecule has 2 amide bonds. The van der Waals surface area contributed by atoms with Gasteiger partial charge in [0.2, 0.25) is 5.91 Å². The second kappa shape index (κ2) is 21.1. The normalized spacial score (nSPS) is 14.8. The largest absolute Gasteiger partial charge is 0.453 e. The van der Waals surface area contributed by atoms with Crippen molar-refractivity contribution in [2.24, 2.45) is 11.8 Å². The minimum atomic E-state index is -4.81. The first-order valence-corrected chi connectivity index (χ1v) is 19.6. The molecule has 0 radical (unpaired) electrons. The lowest BCUT2D eigenvalue weighted by Gasteiger charge is -2.29. The Morgan fingerprint density at radius 2 is 1.78 bits per heavy atom. The average molecular weight is 797 g/mol. The minimum absolute atomic E-state index is 0.00797. The maximum Gasteiger partial charge on any atom is 0.417 e. The van der Waals surface area contributed by atoms with E-state index in [-0.39, 0.29) is 51.7 Å². The van der Waals surface area contributed by atoms with Crippen molar-refractivity contribution in [3.05, 3.63) is 93.8 Å². The molecule has 0 bridgehead atoms. The standard InChI is InChI=1S/C39H46ClF5N4O4S/c1-6-25(3)33(47-18-8-10-24(2)11-9-19-54(5)52)17-15-29-31(41)12-7-13-34(29)48-37(50)36(49-38(51)53-4)35(26-14-16-30(40)32(42)21-26)27-20-28(23-46-22-27)39(43,44)45/h7,12-14,16,20-25,33,35-36,47H,6,9,11,15,17-19H2,1-5H3,(H,48,50)(H,49,51)/t24?,25?,33?,35-,36-,54?/m0/s1. The maximum atomic E-state index is 15.5. The van der Waals surface area contributed by atoms with Crippen LogP contribution in [0.2, 0.25) is 5.02 Å². The number of anilines is 1. The molecule has 0 aliphatic carbocycles. The molecule has 4 unspecified atom stereocenters. The van der Waals surface area contributed by atoms with Gasteiger partial charge in [-0.3, -0.25) is 14.0 Å². The Bertz CT molecular complexity index is 1820. The quantitative estimate of drug-likeness (QED) is 0.0938. The number of hydrogen-bond acceptors (Lipinski definition) is 6. The summed E-state index contributed by atoms with van der Waals surface area (Å²) < 4.78 is 87.7. The van der Waals surface area contributed by atoms with E-state index in [1.54, 1.807) is 6.26 Å². The molecule has 3 N–H and O–H groups in total. The van der Waals surface area contributed by atoms with Gasteiger partial charge in [-0.1, -0.05) is 62.8 Å². The molecule has 0 saturated carbocycles. The summed E-state index contributed by atoms with van der Waals surface area (Å²) in [6, 6.07) is 6.50. The van der Waals surface area contributed by atoms with Crippen molar-refractivity contribution in [1.29, 1.82) is 0 Å². The Kier molecular flexibility index (Phi) is 17.4. The van der Waals surface area contributed by atoms with Crippen LogP contribution in [0.25, 0.3) is 0 Å². The minimum Gasteiger partial charge on any atom is -0.453 e. The van der Waals surface area contributed by atoms with E-state index in [1.165, 1.54) is 30.3 Å². The number of carbonyl (C=O) groups is 2. The number of amides is 2. The highest BCUT2D eigenvalue weighted by atomic mass is 35.5. The van der Waals surface area contributed by atoms with Crippen LogP contribution in [0.5, 0.6) is 0 Å². The number of ether oxygens (including phenoxy) is 1. The Morgan fingerprint density at radius 3 is 2.43 bits per heavy atom. The topological polar surface area (TPSA) is 109 Å². The van der Waals surface area contributed by atoms with Gasteiger partial charge in [0, 0.05) is 64.3 Å². The fourth-order valence-electron chi connectivity index (χ4n) is 5.94. The van der Waals surface area contributed by atoms with Crippen LogP contribution in [0.4, 0.5) is 32.4 Å². The van der Waals surface area contributed by atoms with Gasteiger partial charge in [-0.2, -0.15) is 13.2 Å². The summed E-state index contributed by atoms with van der Waals surface area (Å²) in [7, 11) is 0.190. The summed E-state index contributed by atoms with van der Waals surface area (Å²) in [5.74, 6) is 3.42. The van der Waals surface area contributed by atoms with E-state index in [0.717, 1.165) is 44.7 Å². The molecular formula is C39H46ClF5N4O4S. The van der Waals surface area contributed by atoms with Crippen LogP contribution >= 0.6 is 11.6 Å². The van der Waals surface area contributed by atoms with Crippen molar-refractivity contribution in [1.82, 2.24) is 15.6 Å². The Labute approximate surface area is 320 Å². The zero-order valence-corrected chi connectivity index (χ0v) is 32.4. The fourth-order valence-corrected chi connectivity index (χ4v) is 6.63. The number of nitrogens with one attached hydrogen (secondary N) is 3. The number of nitrogens with zero attached hydrogens (tertiary/aromatic N) is 1. The SMILES string of the molecule is CCC(C)C(CCc1c(F)cccc1NC(=O)[C@@H](NC(=O)OC)[C@H](c1cncc(C(F)(F)F)c1)c1ccc(Cl)c(F)c1)NCC#CC(C)CCCS(C)=O. The number of pyridine rings is 1. The third-order valence-corrected chi connectivity index (χ3v) is 10.3. The van der Waals surface area contributed by atoms with Crippen LogP contribution in [-0.4, -0.2) is 58.9 Å². The van der Waals surface area contributed by atoms with Gasteiger partial charge in [0.05, 0.1) is 24.2 Å². The van der Waals surface area contributed by atoms with Crippen molar-refractivity contribution in [2.45, 2.75) is 77.1 Å². The highest BCUT2D eigenvalue weighted by Crippen LogP contribution is 2.35. The second-order valence-electron chi connectivity index (χ2n) is 13.1. The molecule has 0 fully saturated rings. The predicted molar refractivity (Wildman–Crippen MR) is 202 cm³/mol. The van der Waals surface area contributed by atoms with Gasteiger partial charge in [0.1, 0.15) is 17.7 Å². The third kappa shape index (κ3) is 13.4. The number of hydrogen-bond donors (Lipinski definition) is 3. The van der Waals surface area contributed by atoms with Gasteiger partial charge in [-0.15, -0.1) is 0 Å². The highest BCUT2D eigenvalue weighted by Gasteiger charge is 2.37. The van der Waals surface area contributed by atoms with E-state index < -0.39 is 58.1 Å². The number of alkyl halides is 3. The lowest BCUT2D eigenvalue weighted by atomic mass is 9.84. The van der Waals surface area contributed by atoms with E-state index >= 15 is 4.39 Å². The van der Waals surface area contributed by atoms with E-state index in [2.05, 4.69) is 39.7 Å². The number of halogens is 6. The molecule has 8 nitrogen and oxygen atoms in total. The number of carbonyl (C=O) groups excluding carboxylic acids is 2. The van der Waals surface area contributed by atoms with Crippen molar-refractivity contribution in [2.75, 3.05) is 31.0 Å². The number of alkyl carbamates (subject to hydrolysis) is 1. The zero-order valence-electron chi connectivity index (χ0n) is 30.8. The summed E-state index contributed by atoms with van der Waals surface area (Å²) >= 11 is 5.90. The number of benzene rings is 2. The summed E-state index contributed by atoms with van der Waals surface area (Å²) in [6.07, 6.45) is 0.566. The molecule has 1 heterocycles. The van der Waals surface area contributed by atoms with Crippen molar-refractivity contribution < 1.29 is 40.5 Å². The summed E-state index contributed by atoms with van der Waals surface area (Å²) in [4.78, 5) is 30.5. The van der Waals surface area contributed by atoms with Crippen molar-refractivity contribution >= 4 is 40.1 Å². The Morgan fingerprint density at radius 1 is 1.04 bits per heavy atom. The summed E-state index contributed by atoms with van der Waals surface area (Å²) in [6.45, 7) is 6.52. The van der Waals surface area contributed by atoms with E-state index in [4.69, 9.17) is 16.3 Å². The lowest BCUT2D eigenvalue weighted by Crippen LogP contribution is -2.48. The molecule has 0 aliphatic rings. The second-order valence-corrected chi connectivity index (χ2v) is 15.0. The Hall–Kier alpha value is -4.06. The molecule has 2 aromatic carbocycles. The van der Waals surface area contributed by atoms with Crippen LogP contribution in [0.15, 0.2) is 54.9 Å². The van der Waals surface area contributed by atoms with E-state index in [9.17, 15) is 31.4 Å². The lowest BCUT2D eigenvalue weighted by molar-refractivity contribution is -0.137. The van der Waals surface area contributed by atoms with E-state index in [1.807, 2.05) is 13.8 Å². The molecule has 1 aromatic heterocycles. The molecule has 3 aromatic rings. The first-order chi connectivity index (χ1) is 25.5. The maximum absolute atomic E-state index is 15.5. The van der Waals surface area contributed by atoms with Gasteiger partial charge >= 0.3 is 12.3 Å². The van der Waals surface area contributed by atoms with Gasteiger partial charge < -0.3 is 20.7 Å². The smallest absolute Gasteiger partial charge is 0.417 e. The summed E-state index contributed by atoms with van der Waals surface area (Å²) in [5, 5.41) is 8.20. The number of aromatic nitrogens is 1. The van der Waals surface area contributed by atoms with Gasteiger partial charge in [-0.25, -0.2) is 13.6 Å². The van der Waals surface area contributed by atoms with Crippen LogP contribution < -0.4 is 16.0 Å². The monoisotopic (exact) mass is 796 g/mol. The molecule has 0 saturated heterocycles. The van der Waals surface area contributed by atoms with Crippen molar-refractivity contribution in [3.8, 4) is 11.8 Å². The summed E-state index contributed by atoms with van der Waals surface area (Å²) in [5.41, 5.74) is -1.09. The predicted octanol–water partition coefficient (Wildman–Crippen LogP) is 8.26. The molecule has 54 heavy (non-hydrogen) atoms. The average Bonchev–Trinajstić information content (AvgIpc) is 3.12. The molecule has 0 spiro atoms. The molecular weight excluding hydrogens is 751 g/mol. The first kappa shape index (κ1) is 44.3. The van der Waals surface area contributed by atoms with Gasteiger partial charge in [-0.05, 0) is 73.1 Å². The third-order valence-electron chi connectivity index (χ3n) is 9.11. The fraction of sp³-hybridized carbons (Fsp3) is 0.462. The van der Waals surface area contributed by atoms with Crippen LogP contribution in [0.1, 0.15) is 74.6 Å². The first-order valence-electron chi connectivity index (χ1n) is 17.5. The molecule has 0 aliphatic heterocycles. The highest BCUT2D eigenvalue weighted by molar-refractivity contribution is 7.84. The van der Waals surface area contributed by atoms with Gasteiger partial charge in [0.25, 0.3) is 0 Å². The molecule has 6 atom stereocenters. The van der Waals surface area contributed by atoms with Crippen LogP contribution in [0, 0.1) is 35.3 Å². The molecule has 294 valence electrons. The van der Waals surface area contributed by atoms with E-state index in [0.29, 0.717) is 24.9 Å². The zero-order chi connectivity index (χ0) is 40.0. The number of rotatable bonds is 17. The van der Waals surface area contributed by atoms with Crippen LogP contribution in [-0.2, 0) is 32.9 Å².